The summed E-state index contributed by atoms with van der Waals surface area (Å²) in [5, 5.41) is 127. The third-order valence-electron chi connectivity index (χ3n) is 22.4. The zero-order chi connectivity index (χ0) is 87.1. The normalized spacial score (nSPS) is 30.5. The van der Waals surface area contributed by atoms with Gasteiger partial charge in [-0.2, -0.15) is 0 Å². The summed E-state index contributed by atoms with van der Waals surface area (Å²) >= 11 is 7.20. The number of aliphatic hydroxyl groups is 6. The zero-order valence-electron chi connectivity index (χ0n) is 67.8. The number of amides is 8. The molecule has 0 aliphatic carbocycles. The second-order valence-corrected chi connectivity index (χ2v) is 32.9. The summed E-state index contributed by atoms with van der Waals surface area (Å²) in [5.74, 6) is -14.3. The molecule has 8 heterocycles. The van der Waals surface area contributed by atoms with E-state index in [0.717, 1.165) is 74.9 Å². The number of carbonyl (C=O) groups is 8. The quantitative estimate of drug-likeness (QED) is 0.0395. The molecule has 13 rings (SSSR count). The number of ether oxygens (including phenoxy) is 8. The highest BCUT2D eigenvalue weighted by Gasteiger charge is 2.53. The molecule has 10 unspecified atom stereocenters. The number of likely N-dealkylation sites (N-methyl/N-ethyl adjacent to an activating group) is 1. The summed E-state index contributed by atoms with van der Waals surface area (Å²) in [4.78, 5) is 123. The number of unbranched alkanes of at least 4 members (excludes halogenated alkanes) is 7. The third-order valence-corrected chi connectivity index (χ3v) is 22.7. The number of aliphatic hydroxyl groups excluding tert-OH is 6. The molecule has 0 saturated carbocycles. The highest BCUT2D eigenvalue weighted by molar-refractivity contribution is 6.32. The van der Waals surface area contributed by atoms with Crippen molar-refractivity contribution in [1.29, 1.82) is 0 Å². The van der Waals surface area contributed by atoms with Crippen molar-refractivity contribution in [2.45, 2.75) is 259 Å². The van der Waals surface area contributed by atoms with Crippen LogP contribution in [0.3, 0.4) is 0 Å². The van der Waals surface area contributed by atoms with Gasteiger partial charge < -0.3 is 144 Å². The lowest BCUT2D eigenvalue weighted by molar-refractivity contribution is -0.333. The highest BCUT2D eigenvalue weighted by Crippen LogP contribution is 2.51. The van der Waals surface area contributed by atoms with E-state index in [1.54, 1.807) is 0 Å². The summed E-state index contributed by atoms with van der Waals surface area (Å²) in [6, 6.07) is 2.75. The lowest BCUT2D eigenvalue weighted by Gasteiger charge is -2.47. The monoisotopic (exact) mass is 1700 g/mol. The van der Waals surface area contributed by atoms with Crippen molar-refractivity contribution in [3.63, 3.8) is 0 Å². The van der Waals surface area contributed by atoms with E-state index in [0.29, 0.717) is 12.8 Å². The molecule has 37 heteroatoms. The number of hydrogen-bond acceptors (Lipinski definition) is 28. The second kappa shape index (κ2) is 39.1. The van der Waals surface area contributed by atoms with E-state index < -0.39 is 250 Å². The fourth-order valence-electron chi connectivity index (χ4n) is 15.9. The molecule has 0 aromatic heterocycles. The van der Waals surface area contributed by atoms with Gasteiger partial charge >= 0.3 is 0 Å². The number of nitrogens with one attached hydrogen (secondary N) is 8. The third kappa shape index (κ3) is 20.9. The Hall–Kier alpha value is -9.61. The van der Waals surface area contributed by atoms with E-state index in [1.807, 2.05) is 13.8 Å². The Morgan fingerprint density at radius 2 is 1.26 bits per heavy atom. The van der Waals surface area contributed by atoms with Gasteiger partial charge in [-0.25, -0.2) is 0 Å². The van der Waals surface area contributed by atoms with Gasteiger partial charge in [-0.1, -0.05) is 108 Å². The van der Waals surface area contributed by atoms with E-state index in [9.17, 15) is 55.5 Å². The Balaban J connectivity index is 1.17. The lowest BCUT2D eigenvalue weighted by atomic mass is 9.86. The van der Waals surface area contributed by atoms with Crippen molar-refractivity contribution in [3.05, 3.63) is 118 Å². The Bertz CT molecular complexity index is 4540. The molecule has 8 amide bonds. The maximum absolute atomic E-state index is 16.7. The van der Waals surface area contributed by atoms with Gasteiger partial charge in [0.1, 0.15) is 95.5 Å². The first-order valence-corrected chi connectivity index (χ1v) is 40.7. The minimum atomic E-state index is -2.37. The minimum absolute atomic E-state index is 0.0161. The van der Waals surface area contributed by atoms with E-state index in [2.05, 4.69) is 49.5 Å². The number of phenols is 3. The van der Waals surface area contributed by atoms with E-state index in [-0.39, 0.29) is 64.9 Å². The fourth-order valence-corrected chi connectivity index (χ4v) is 16.1. The molecule has 5 aromatic rings. The van der Waals surface area contributed by atoms with Crippen LogP contribution in [-0.2, 0) is 62.0 Å². The van der Waals surface area contributed by atoms with Crippen LogP contribution in [0.15, 0.2) is 84.9 Å². The van der Waals surface area contributed by atoms with Crippen LogP contribution in [0.2, 0.25) is 5.02 Å². The molecular weight excluding hydrogens is 1590 g/mol. The van der Waals surface area contributed by atoms with Crippen molar-refractivity contribution in [3.8, 4) is 57.1 Å². The molecule has 22 atom stereocenters. The number of carbonyl (C=O) groups excluding carboxylic acids is 8. The van der Waals surface area contributed by atoms with Crippen molar-refractivity contribution in [2.24, 2.45) is 23.1 Å². The molecule has 5 aromatic carbocycles. The van der Waals surface area contributed by atoms with Gasteiger partial charge in [-0.15, -0.1) is 0 Å². The fraction of sp³-hybridized carbons (Fsp3) is 0.542. The van der Waals surface area contributed by atoms with Gasteiger partial charge in [-0.3, -0.25) is 38.4 Å². The lowest BCUT2D eigenvalue weighted by Crippen LogP contribution is -2.64. The summed E-state index contributed by atoms with van der Waals surface area (Å²) in [6.45, 7) is 10.9. The number of fused-ring (bicyclic) bond motifs is 14. The average molecular weight is 1700 g/mol. The molecule has 3 saturated heterocycles. The first-order chi connectivity index (χ1) is 56.9. The average Bonchev–Trinajstić information content (AvgIpc) is 1.33. The molecule has 120 heavy (non-hydrogen) atoms. The van der Waals surface area contributed by atoms with Crippen LogP contribution in [0.25, 0.3) is 11.1 Å². The van der Waals surface area contributed by atoms with Gasteiger partial charge in [0.25, 0.3) is 0 Å². The predicted octanol–water partition coefficient (Wildman–Crippen LogP) is 2.86. The Kier molecular flexibility index (Phi) is 29.7. The number of nitrogens with two attached hydrogens (primary N) is 3. The van der Waals surface area contributed by atoms with E-state index in [4.69, 9.17) is 66.7 Å². The maximum atomic E-state index is 16.7. The number of halogens is 1. The number of benzene rings is 5. The molecule has 9 bridgehead atoms. The van der Waals surface area contributed by atoms with Crippen molar-refractivity contribution in [1.82, 2.24) is 42.5 Å². The molecule has 0 spiro atoms. The van der Waals surface area contributed by atoms with Crippen LogP contribution in [0.1, 0.15) is 184 Å². The van der Waals surface area contributed by atoms with Crippen LogP contribution in [-0.4, -0.2) is 216 Å². The Morgan fingerprint density at radius 3 is 1.88 bits per heavy atom. The second-order valence-electron chi connectivity index (χ2n) is 32.5. The topological polar surface area (TPSA) is 567 Å². The number of hydrogen-bond donors (Lipinski definition) is 20. The molecule has 36 nitrogen and oxygen atoms in total. The van der Waals surface area contributed by atoms with Crippen molar-refractivity contribution in [2.75, 3.05) is 20.2 Å². The summed E-state index contributed by atoms with van der Waals surface area (Å²) in [5.41, 5.74) is 14.0. The predicted molar refractivity (Wildman–Crippen MR) is 429 cm³/mol. The first-order valence-electron chi connectivity index (χ1n) is 40.3. The molecule has 8 aliphatic heterocycles. The SMILES string of the molecule is CCCCCCCCCCNC(=O)C1NC(=O)C2NC(=O)C(NC(=O)C3NC(=O)C(CC(N)=O)NC(=O)C(NC(=O)C(CC(C)C)NC)C(O)c4ccc(c(Cl)c4)Oc4cc3cc(c4O[C@@H]3O[C@H](CO)[C@@H](O)[C@H](O)[C@H]3O[C@H]3C[C@](C)(N)[C@H](O)[C@H](C)O3)Oc3ccc(cc3)C2O[C@@H]2CC(C)(N)[C@H](O)[C@@H](C)O2)c2cccc(O)c2-c2c(O)cc(O)cc21. The largest absolute Gasteiger partial charge is 0.508 e. The van der Waals surface area contributed by atoms with Crippen LogP contribution in [0, 0.1) is 5.92 Å². The number of primary amides is 1. The maximum Gasteiger partial charge on any atom is 0.248 e. The number of aromatic hydroxyl groups is 3. The minimum Gasteiger partial charge on any atom is -0.508 e. The van der Waals surface area contributed by atoms with Gasteiger partial charge in [0.05, 0.1) is 48.5 Å². The standard InChI is InChI=1S/C83H110ClN11O25/c1-9-10-11-12-13-14-15-16-26-89-76(108)63-46-31-43(97)32-51(99)60(46)59-45(18-17-19-50(59)98)62-78(110)95-65(80(112)93-63)69(118-57-34-82(6,86)72(104)38(4)113-57)40-20-23-44(24-21-40)115-53-29-42-30-54(70(53)120-81-71(68(103)67(102)55(36-96)117-81)119-58-35-83(7,87)73(105)39(5)114-58)116-52-25-22-41(28-47(52)84)66(101)64(94-74(106)48(88-8)27-37(2)3)79(111)90-49(33-56(85)100)75(107)91-61(42)77(109)92-62/h17-25,28-32,37-39,48-49,55,57-58,61-69,71-73,81,88,96-99,101-105H,9-16,26-27,33-36,86-87H2,1-8H3,(H2,85,100)(H,89,108)(H,90,111)(H,91,107)(H,92,109)(H,93,112)(H,94,106)(H,95,110)/t38-,39+,48?,49?,55-,57-,58+,61?,62?,63?,64?,65?,66?,67-,68+,69?,71-,72-,73-,81+,82?,83+/m1/s1. The molecule has 23 N–H and O–H groups in total. The van der Waals surface area contributed by atoms with Gasteiger partial charge in [-0.05, 0) is 130 Å². The molecule has 3 fully saturated rings. The van der Waals surface area contributed by atoms with E-state index >= 15 is 28.8 Å². The highest BCUT2D eigenvalue weighted by atomic mass is 35.5. The van der Waals surface area contributed by atoms with Crippen LogP contribution in [0.4, 0.5) is 0 Å². The van der Waals surface area contributed by atoms with Gasteiger partial charge in [0.15, 0.2) is 30.2 Å². The number of phenolic OH excluding ortho intramolecular Hbond substituents is 3. The smallest absolute Gasteiger partial charge is 0.248 e. The molecular formula is C83H110ClN11O25. The molecule has 0 radical (unpaired) electrons. The van der Waals surface area contributed by atoms with Crippen molar-refractivity contribution >= 4 is 58.9 Å². The number of rotatable bonds is 24. The molecule has 8 aliphatic rings. The summed E-state index contributed by atoms with van der Waals surface area (Å²) in [6.07, 6.45) is -15.1. The summed E-state index contributed by atoms with van der Waals surface area (Å²) in [7, 11) is 1.49. The van der Waals surface area contributed by atoms with Crippen LogP contribution < -0.4 is 73.9 Å². The van der Waals surface area contributed by atoms with Gasteiger partial charge in [0, 0.05) is 47.7 Å². The molecule has 654 valence electrons. The van der Waals surface area contributed by atoms with Crippen molar-refractivity contribution < 1.29 is 122 Å². The van der Waals surface area contributed by atoms with Crippen LogP contribution >= 0.6 is 11.6 Å². The summed E-state index contributed by atoms with van der Waals surface area (Å²) < 4.78 is 52.4. The van der Waals surface area contributed by atoms with Crippen LogP contribution in [0.5, 0.6) is 46.0 Å². The van der Waals surface area contributed by atoms with E-state index in [1.165, 1.54) is 83.3 Å². The van der Waals surface area contributed by atoms with Gasteiger partial charge in [0.2, 0.25) is 59.3 Å². The zero-order valence-corrected chi connectivity index (χ0v) is 68.5. The Labute approximate surface area is 697 Å². The first kappa shape index (κ1) is 91.1. The Morgan fingerprint density at radius 1 is 0.650 bits per heavy atom.